The van der Waals surface area contributed by atoms with Crippen molar-refractivity contribution in [1.29, 1.82) is 0 Å². The first-order valence-corrected chi connectivity index (χ1v) is 3.52. The summed E-state index contributed by atoms with van der Waals surface area (Å²) in [6.07, 6.45) is -1.92. The van der Waals surface area contributed by atoms with Gasteiger partial charge in [0.2, 0.25) is 0 Å². The third kappa shape index (κ3) is 1.67. The summed E-state index contributed by atoms with van der Waals surface area (Å²) in [4.78, 5) is 3.51. The van der Waals surface area contributed by atoms with E-state index in [9.17, 15) is 8.78 Å². The lowest BCUT2D eigenvalue weighted by Gasteiger charge is -2.10. The van der Waals surface area contributed by atoms with Crippen LogP contribution < -0.4 is 11.5 Å². The fourth-order valence-corrected chi connectivity index (χ4v) is 1.03. The second-order valence-corrected chi connectivity index (χ2v) is 2.43. The van der Waals surface area contributed by atoms with Gasteiger partial charge in [-0.05, 0) is 0 Å². The van der Waals surface area contributed by atoms with E-state index in [1.165, 1.54) is 0 Å². The molecule has 0 radical (unpaired) electrons. The molecule has 5 N–H and O–H groups in total. The second-order valence-electron chi connectivity index (χ2n) is 2.43. The molecule has 13 heavy (non-hydrogen) atoms. The standard InChI is InChI=1S/C7H9F2N3O/c8-6(9)5-3(1-10)7(11)12-2-4(5)13/h2,6,13H,1,10H2,(H2,11,12). The monoisotopic (exact) mass is 189 g/mol. The number of nitrogen functional groups attached to an aromatic ring is 1. The molecular weight excluding hydrogens is 180 g/mol. The summed E-state index contributed by atoms with van der Waals surface area (Å²) in [6, 6.07) is 0. The zero-order valence-corrected chi connectivity index (χ0v) is 6.67. The average Bonchev–Trinajstić information content (AvgIpc) is 2.07. The van der Waals surface area contributed by atoms with Gasteiger partial charge in [0.15, 0.2) is 0 Å². The molecule has 1 aromatic rings. The Hall–Kier alpha value is -1.43. The number of anilines is 1. The highest BCUT2D eigenvalue weighted by Crippen LogP contribution is 2.32. The van der Waals surface area contributed by atoms with E-state index in [0.29, 0.717) is 0 Å². The van der Waals surface area contributed by atoms with Crippen LogP contribution in [0, 0.1) is 0 Å². The Balaban J connectivity index is 3.35. The van der Waals surface area contributed by atoms with Crippen molar-refractivity contribution < 1.29 is 13.9 Å². The molecule has 4 nitrogen and oxygen atoms in total. The highest BCUT2D eigenvalue weighted by molar-refractivity contribution is 5.50. The van der Waals surface area contributed by atoms with Crippen molar-refractivity contribution in [2.45, 2.75) is 13.0 Å². The molecule has 0 saturated carbocycles. The van der Waals surface area contributed by atoms with E-state index >= 15 is 0 Å². The van der Waals surface area contributed by atoms with E-state index in [4.69, 9.17) is 16.6 Å². The van der Waals surface area contributed by atoms with E-state index in [1.807, 2.05) is 0 Å². The summed E-state index contributed by atoms with van der Waals surface area (Å²) in [6.45, 7) is -0.174. The largest absolute Gasteiger partial charge is 0.506 e. The van der Waals surface area contributed by atoms with E-state index in [-0.39, 0.29) is 17.9 Å². The van der Waals surface area contributed by atoms with Crippen molar-refractivity contribution in [2.75, 3.05) is 5.73 Å². The summed E-state index contributed by atoms with van der Waals surface area (Å²) in [7, 11) is 0. The third-order valence-corrected chi connectivity index (χ3v) is 1.66. The van der Waals surface area contributed by atoms with E-state index in [2.05, 4.69) is 4.98 Å². The highest BCUT2D eigenvalue weighted by atomic mass is 19.3. The maximum Gasteiger partial charge on any atom is 0.267 e. The van der Waals surface area contributed by atoms with Gasteiger partial charge in [0.25, 0.3) is 6.43 Å². The normalized spacial score (nSPS) is 10.8. The van der Waals surface area contributed by atoms with Crippen molar-refractivity contribution in [3.63, 3.8) is 0 Å². The lowest BCUT2D eigenvalue weighted by Crippen LogP contribution is -2.08. The van der Waals surface area contributed by atoms with Crippen LogP contribution in [-0.4, -0.2) is 10.1 Å². The molecule has 0 aliphatic rings. The molecule has 0 aliphatic heterocycles. The Labute approximate surface area is 73.2 Å². The number of hydrogen-bond acceptors (Lipinski definition) is 4. The zero-order chi connectivity index (χ0) is 10.0. The predicted octanol–water partition coefficient (Wildman–Crippen LogP) is 0.766. The minimum Gasteiger partial charge on any atom is -0.506 e. The van der Waals surface area contributed by atoms with Gasteiger partial charge in [0, 0.05) is 12.1 Å². The molecule has 0 bridgehead atoms. The van der Waals surface area contributed by atoms with Crippen LogP contribution in [0.1, 0.15) is 17.6 Å². The molecule has 0 fully saturated rings. The summed E-state index contributed by atoms with van der Waals surface area (Å²) in [5, 5.41) is 9.06. The first-order valence-electron chi connectivity index (χ1n) is 3.52. The molecule has 0 amide bonds. The van der Waals surface area contributed by atoms with Gasteiger partial charge < -0.3 is 16.6 Å². The topological polar surface area (TPSA) is 85.2 Å². The number of hydrogen-bond donors (Lipinski definition) is 3. The third-order valence-electron chi connectivity index (χ3n) is 1.66. The predicted molar refractivity (Wildman–Crippen MR) is 43.2 cm³/mol. The number of aromatic nitrogens is 1. The van der Waals surface area contributed by atoms with E-state index in [0.717, 1.165) is 6.20 Å². The molecule has 1 heterocycles. The summed E-state index contributed by atoms with van der Waals surface area (Å²) in [5.41, 5.74) is 9.96. The Morgan fingerprint density at radius 2 is 2.15 bits per heavy atom. The van der Waals surface area contributed by atoms with Crippen LogP contribution in [0.25, 0.3) is 0 Å². The van der Waals surface area contributed by atoms with Gasteiger partial charge in [-0.3, -0.25) is 0 Å². The van der Waals surface area contributed by atoms with Crippen LogP contribution in [0.15, 0.2) is 6.20 Å². The van der Waals surface area contributed by atoms with Crippen LogP contribution in [0.2, 0.25) is 0 Å². The Morgan fingerprint density at radius 1 is 1.54 bits per heavy atom. The van der Waals surface area contributed by atoms with Crippen molar-refractivity contribution in [3.05, 3.63) is 17.3 Å². The van der Waals surface area contributed by atoms with Gasteiger partial charge in [0.1, 0.15) is 11.6 Å². The number of aromatic hydroxyl groups is 1. The molecule has 6 heteroatoms. The molecule has 0 aromatic carbocycles. The smallest absolute Gasteiger partial charge is 0.267 e. The second kappa shape index (κ2) is 3.53. The molecular formula is C7H9F2N3O. The Kier molecular flexibility index (Phi) is 2.62. The lowest BCUT2D eigenvalue weighted by atomic mass is 10.1. The van der Waals surface area contributed by atoms with Gasteiger partial charge >= 0.3 is 0 Å². The molecule has 1 aromatic heterocycles. The molecule has 0 unspecified atom stereocenters. The highest BCUT2D eigenvalue weighted by Gasteiger charge is 2.19. The summed E-state index contributed by atoms with van der Waals surface area (Å²) >= 11 is 0. The Bertz CT molecular complexity index is 317. The molecule has 0 aliphatic carbocycles. The first kappa shape index (κ1) is 9.66. The SMILES string of the molecule is NCc1c(N)ncc(O)c1C(F)F. The van der Waals surface area contributed by atoms with Gasteiger partial charge in [-0.15, -0.1) is 0 Å². The Morgan fingerprint density at radius 3 is 2.54 bits per heavy atom. The van der Waals surface area contributed by atoms with Crippen LogP contribution in [-0.2, 0) is 6.54 Å². The molecule has 0 atom stereocenters. The number of alkyl halides is 2. The zero-order valence-electron chi connectivity index (χ0n) is 6.67. The van der Waals surface area contributed by atoms with Crippen molar-refractivity contribution >= 4 is 5.82 Å². The van der Waals surface area contributed by atoms with Crippen molar-refractivity contribution in [3.8, 4) is 5.75 Å². The number of nitrogens with zero attached hydrogens (tertiary/aromatic N) is 1. The first-order chi connectivity index (χ1) is 6.07. The fourth-order valence-electron chi connectivity index (χ4n) is 1.03. The van der Waals surface area contributed by atoms with Gasteiger partial charge in [-0.2, -0.15) is 0 Å². The quantitative estimate of drug-likeness (QED) is 0.641. The van der Waals surface area contributed by atoms with Crippen LogP contribution in [0.3, 0.4) is 0 Å². The number of nitrogens with two attached hydrogens (primary N) is 2. The lowest BCUT2D eigenvalue weighted by molar-refractivity contribution is 0.146. The minimum atomic E-state index is -2.80. The van der Waals surface area contributed by atoms with Gasteiger partial charge in [-0.25, -0.2) is 13.8 Å². The average molecular weight is 189 g/mol. The molecule has 0 spiro atoms. The molecule has 0 saturated heterocycles. The summed E-state index contributed by atoms with van der Waals surface area (Å²) < 4.78 is 24.7. The van der Waals surface area contributed by atoms with Crippen molar-refractivity contribution in [2.24, 2.45) is 5.73 Å². The molecule has 72 valence electrons. The van der Waals surface area contributed by atoms with Crippen molar-refractivity contribution in [1.82, 2.24) is 4.98 Å². The van der Waals surface area contributed by atoms with Gasteiger partial charge in [-0.1, -0.05) is 0 Å². The van der Waals surface area contributed by atoms with Crippen LogP contribution in [0.4, 0.5) is 14.6 Å². The maximum absolute atomic E-state index is 12.4. The van der Waals surface area contributed by atoms with E-state index in [1.54, 1.807) is 0 Å². The van der Waals surface area contributed by atoms with Crippen LogP contribution >= 0.6 is 0 Å². The molecule has 1 rings (SSSR count). The maximum atomic E-state index is 12.4. The summed E-state index contributed by atoms with van der Waals surface area (Å²) in [5.74, 6) is -0.653. The fraction of sp³-hybridized carbons (Fsp3) is 0.286. The minimum absolute atomic E-state index is 0.00463. The van der Waals surface area contributed by atoms with Gasteiger partial charge in [0.05, 0.1) is 11.8 Å². The number of rotatable bonds is 2. The number of pyridine rings is 1. The van der Waals surface area contributed by atoms with Crippen LogP contribution in [0.5, 0.6) is 5.75 Å². The number of halogens is 2. The van der Waals surface area contributed by atoms with E-state index < -0.39 is 17.7 Å².